The summed E-state index contributed by atoms with van der Waals surface area (Å²) in [5.74, 6) is -1.33. The maximum absolute atomic E-state index is 13.3. The molecule has 1 aromatic heterocycles. The van der Waals surface area contributed by atoms with E-state index in [-0.39, 0.29) is 57.8 Å². The van der Waals surface area contributed by atoms with Gasteiger partial charge >= 0.3 is 17.8 Å². The second-order valence-corrected chi connectivity index (χ2v) is 14.8. The van der Waals surface area contributed by atoms with E-state index < -0.39 is 62.3 Å². The van der Waals surface area contributed by atoms with Crippen molar-refractivity contribution < 1.29 is 50.8 Å². The number of likely N-dealkylation sites (N-methyl/N-ethyl adjacent to an activating group) is 1. The van der Waals surface area contributed by atoms with Gasteiger partial charge in [0.1, 0.15) is 29.4 Å². The molecule has 20 heteroatoms. The molecule has 4 aromatic rings. The van der Waals surface area contributed by atoms with Crippen LogP contribution in [0.15, 0.2) is 101 Å². The Morgan fingerprint density at radius 1 is 0.952 bits per heavy atom. The topological polar surface area (TPSA) is 195 Å². The first kappa shape index (κ1) is 48.2. The monoisotopic (exact) mass is 896 g/mol. The number of methoxy groups -OCH3 is 2. The Kier molecular flexibility index (Phi) is 17.6. The van der Waals surface area contributed by atoms with Crippen LogP contribution in [0.2, 0.25) is 0 Å². The van der Waals surface area contributed by atoms with Crippen LogP contribution in [0.3, 0.4) is 0 Å². The molecule has 16 nitrogen and oxygen atoms in total. The van der Waals surface area contributed by atoms with Crippen LogP contribution in [0.25, 0.3) is 6.08 Å². The van der Waals surface area contributed by atoms with Crippen LogP contribution in [0.1, 0.15) is 41.3 Å². The highest BCUT2D eigenvalue weighted by Gasteiger charge is 2.43. The second kappa shape index (κ2) is 23.0. The van der Waals surface area contributed by atoms with Crippen molar-refractivity contribution in [1.29, 1.82) is 5.26 Å². The van der Waals surface area contributed by atoms with Crippen molar-refractivity contribution in [3.8, 4) is 17.6 Å². The molecule has 4 unspecified atom stereocenters. The zero-order chi connectivity index (χ0) is 45.4. The maximum atomic E-state index is 13.3. The lowest BCUT2D eigenvalue weighted by molar-refractivity contribution is -0.173. The molecule has 0 saturated carbocycles. The van der Waals surface area contributed by atoms with Gasteiger partial charge in [0, 0.05) is 44.9 Å². The number of carbonyl (C=O) groups excluding carboxylic acids is 2. The molecule has 0 spiro atoms. The Hall–Kier alpha value is -5.87. The van der Waals surface area contributed by atoms with Crippen LogP contribution < -0.4 is 31.4 Å². The summed E-state index contributed by atoms with van der Waals surface area (Å²) in [5, 5.41) is 13.4. The van der Waals surface area contributed by atoms with Crippen LogP contribution in [0.4, 0.5) is 13.2 Å². The summed E-state index contributed by atoms with van der Waals surface area (Å²) in [4.78, 5) is 53.7. The summed E-state index contributed by atoms with van der Waals surface area (Å²) in [6, 6.07) is 26.6. The molecule has 63 heavy (non-hydrogen) atoms. The second-order valence-electron chi connectivity index (χ2n) is 14.1. The van der Waals surface area contributed by atoms with Gasteiger partial charge in [-0.05, 0) is 54.1 Å². The number of hydrogen-bond donors (Lipinski definition) is 3. The smallest absolute Gasteiger partial charge is 0.471 e. The number of carbonyl (C=O) groups is 2. The number of aromatic nitrogens is 2. The minimum Gasteiger partial charge on any atom is -0.497 e. The van der Waals surface area contributed by atoms with Gasteiger partial charge in [-0.2, -0.15) is 18.4 Å². The van der Waals surface area contributed by atoms with Crippen molar-refractivity contribution in [2.45, 2.75) is 43.1 Å². The fraction of sp³-hybridized carbons (Fsp3) is 0.372. The predicted molar refractivity (Wildman–Crippen MR) is 226 cm³/mol. The quantitative estimate of drug-likeness (QED) is 0.0436. The number of halogens is 3. The van der Waals surface area contributed by atoms with E-state index in [2.05, 4.69) is 10.3 Å². The summed E-state index contributed by atoms with van der Waals surface area (Å²) in [6.07, 6.45) is -3.57. The Balaban J connectivity index is 1.36. The lowest BCUT2D eigenvalue weighted by atomic mass is 9.80. The molecule has 1 fully saturated rings. The summed E-state index contributed by atoms with van der Waals surface area (Å²) in [7, 11) is 4.29. The van der Waals surface area contributed by atoms with Crippen molar-refractivity contribution in [2.75, 3.05) is 60.7 Å². The van der Waals surface area contributed by atoms with Crippen molar-refractivity contribution >= 4 is 26.9 Å². The first-order valence-electron chi connectivity index (χ1n) is 19.7. The van der Waals surface area contributed by atoms with Crippen LogP contribution >= 0.6 is 9.03 Å². The number of rotatable bonds is 22. The van der Waals surface area contributed by atoms with E-state index in [0.717, 1.165) is 22.8 Å². The van der Waals surface area contributed by atoms with Crippen LogP contribution in [0.5, 0.6) is 11.5 Å². The van der Waals surface area contributed by atoms with Gasteiger partial charge < -0.3 is 43.5 Å². The van der Waals surface area contributed by atoms with Crippen molar-refractivity contribution in [1.82, 2.24) is 25.1 Å². The summed E-state index contributed by atoms with van der Waals surface area (Å²) in [6.45, 7) is 0.275. The molecule has 5 rings (SSSR count). The zero-order valence-corrected chi connectivity index (χ0v) is 35.7. The third-order valence-electron chi connectivity index (χ3n) is 9.94. The Morgan fingerprint density at radius 3 is 2.14 bits per heavy atom. The minimum atomic E-state index is -4.98. The van der Waals surface area contributed by atoms with Crippen LogP contribution in [0, 0.1) is 11.3 Å². The third-order valence-corrected chi connectivity index (χ3v) is 10.7. The number of ether oxygens (including phenoxy) is 4. The number of nitrogens with one attached hydrogen (secondary N) is 3. The normalized spacial score (nSPS) is 16.7. The number of H-pyrrole nitrogens is 1. The zero-order valence-electron chi connectivity index (χ0n) is 34.7. The highest BCUT2D eigenvalue weighted by molar-refractivity contribution is 7.26. The minimum absolute atomic E-state index is 0.0353. The van der Waals surface area contributed by atoms with Gasteiger partial charge in [0.25, 0.3) is 5.56 Å². The summed E-state index contributed by atoms with van der Waals surface area (Å²) < 4.78 is 74.6. The largest absolute Gasteiger partial charge is 0.497 e. The lowest BCUT2D eigenvalue weighted by Gasteiger charge is -2.37. The van der Waals surface area contributed by atoms with Gasteiger partial charge in [-0.3, -0.25) is 23.9 Å². The molecule has 0 bridgehead atoms. The molecule has 336 valence electrons. The van der Waals surface area contributed by atoms with E-state index in [0.29, 0.717) is 11.5 Å². The van der Waals surface area contributed by atoms with E-state index in [1.165, 1.54) is 16.8 Å². The third kappa shape index (κ3) is 13.1. The molecule has 1 saturated heterocycles. The van der Waals surface area contributed by atoms with E-state index in [1.54, 1.807) is 31.5 Å². The fourth-order valence-corrected chi connectivity index (χ4v) is 7.29. The number of aromatic amines is 1. The molecular formula is C43H48F3N6O10P. The Labute approximate surface area is 362 Å². The molecule has 2 amide bonds. The van der Waals surface area contributed by atoms with E-state index in [9.17, 15) is 32.3 Å². The molecule has 1 aliphatic rings. The summed E-state index contributed by atoms with van der Waals surface area (Å²) in [5.41, 5.74) is -0.441. The molecule has 3 N–H and O–H groups in total. The number of benzene rings is 3. The van der Waals surface area contributed by atoms with Crippen LogP contribution in [-0.4, -0.2) is 105 Å². The first-order chi connectivity index (χ1) is 30.3. The van der Waals surface area contributed by atoms with E-state index in [1.807, 2.05) is 84.9 Å². The Bertz CT molecular complexity index is 2260. The number of nitriles is 1. The van der Waals surface area contributed by atoms with Gasteiger partial charge in [-0.1, -0.05) is 54.6 Å². The van der Waals surface area contributed by atoms with Gasteiger partial charge in [0.05, 0.1) is 51.6 Å². The maximum Gasteiger partial charge on any atom is 0.471 e. The van der Waals surface area contributed by atoms with Crippen molar-refractivity contribution in [2.24, 2.45) is 0 Å². The molecule has 1 aliphatic heterocycles. The molecule has 2 heterocycles. The van der Waals surface area contributed by atoms with Crippen molar-refractivity contribution in [3.05, 3.63) is 134 Å². The predicted octanol–water partition coefficient (Wildman–Crippen LogP) is 4.41. The number of hydrogen-bond acceptors (Lipinski definition) is 12. The van der Waals surface area contributed by atoms with Crippen LogP contribution in [-0.2, 0) is 33.7 Å². The molecule has 0 radical (unpaired) electrons. The summed E-state index contributed by atoms with van der Waals surface area (Å²) >= 11 is 0. The number of alkyl halides is 3. The number of amides is 2. The Morgan fingerprint density at radius 2 is 1.56 bits per heavy atom. The van der Waals surface area contributed by atoms with Crippen molar-refractivity contribution in [3.63, 3.8) is 0 Å². The highest BCUT2D eigenvalue weighted by atomic mass is 31.1. The van der Waals surface area contributed by atoms with Gasteiger partial charge in [-0.25, -0.2) is 4.79 Å². The standard InChI is InChI=1S/C43H48F3N6O10P/c1-51(24-22-49-40(55)43(44,45)46)23-21-48-37(53)19-10-29-27-52(41(56)50-39(29)54)38-26-35(62-63-60-25-7-20-47)36(61-38)28-59-42(30-8-5-4-6-9-30,31-11-15-33(57-2)16-12-31)32-13-17-34(58-3)18-14-32/h4-6,8-19,27,35-36,38,63H,7,21-26,28H2,1-3H3,(H,48,53)(H,49,55)(H,50,54,56)/b19-10+. The highest BCUT2D eigenvalue weighted by Crippen LogP contribution is 2.43. The molecular weight excluding hydrogens is 848 g/mol. The molecule has 0 aliphatic carbocycles. The molecule has 3 aromatic carbocycles. The average Bonchev–Trinajstić information content (AvgIpc) is 3.68. The average molecular weight is 897 g/mol. The van der Waals surface area contributed by atoms with E-state index >= 15 is 0 Å². The van der Waals surface area contributed by atoms with Gasteiger partial charge in [-0.15, -0.1) is 0 Å². The first-order valence-corrected chi connectivity index (χ1v) is 20.5. The fourth-order valence-electron chi connectivity index (χ4n) is 6.66. The molecule has 4 atom stereocenters. The van der Waals surface area contributed by atoms with Gasteiger partial charge in [0.2, 0.25) is 5.91 Å². The lowest BCUT2D eigenvalue weighted by Crippen LogP contribution is -2.41. The van der Waals surface area contributed by atoms with Gasteiger partial charge in [0.15, 0.2) is 9.03 Å². The van der Waals surface area contributed by atoms with E-state index in [4.69, 9.17) is 33.3 Å². The number of nitrogens with zero attached hydrogens (tertiary/aromatic N) is 3. The SMILES string of the molecule is COc1ccc(C(OCC2OC(n3cc(/C=C/C(=O)NCCN(C)CCNC(=O)C(F)(F)F)c(=O)[nH]c3=O)CC2OPOCCC#N)(c2ccccc2)c2ccc(OC)cc2)cc1.